The molecule has 10 heteroatoms. The molecule has 44 heavy (non-hydrogen) atoms. The maximum atomic E-state index is 13.5. The Morgan fingerprint density at radius 1 is 0.841 bits per heavy atom. The summed E-state index contributed by atoms with van der Waals surface area (Å²) in [5.41, 5.74) is 3.74. The third-order valence-corrected chi connectivity index (χ3v) is 7.72. The third-order valence-electron chi connectivity index (χ3n) is 6.66. The smallest absolute Gasteiger partial charge is 0.335 e. The first kappa shape index (κ1) is 31.1. The lowest BCUT2D eigenvalue weighted by atomic mass is 10.1. The first-order valence-corrected chi connectivity index (χ1v) is 15.2. The van der Waals surface area contributed by atoms with E-state index in [2.05, 4.69) is 27.9 Å². The van der Waals surface area contributed by atoms with Gasteiger partial charge in [0, 0.05) is 5.02 Å². The lowest BCUT2D eigenvalue weighted by molar-refractivity contribution is -0.122. The number of halogens is 2. The summed E-state index contributed by atoms with van der Waals surface area (Å²) in [5.74, 6) is 0.0464. The van der Waals surface area contributed by atoms with Crippen molar-refractivity contribution in [2.24, 2.45) is 0 Å². The molecule has 8 nitrogen and oxygen atoms in total. The van der Waals surface area contributed by atoms with Crippen LogP contribution < -0.4 is 24.4 Å². The van der Waals surface area contributed by atoms with E-state index in [1.54, 1.807) is 48.5 Å². The number of benzene rings is 4. The largest absolute Gasteiger partial charge is 0.490 e. The topological polar surface area (TPSA) is 94.2 Å². The number of carbonyl (C=O) groups is 3. The molecule has 1 N–H and O–H groups in total. The molecule has 0 saturated carbocycles. The van der Waals surface area contributed by atoms with E-state index in [0.29, 0.717) is 47.7 Å². The second kappa shape index (κ2) is 14.0. The Hall–Kier alpha value is -4.35. The minimum absolute atomic E-state index is 0.195. The highest BCUT2D eigenvalue weighted by molar-refractivity contribution is 14.1. The zero-order chi connectivity index (χ0) is 31.2. The van der Waals surface area contributed by atoms with Crippen LogP contribution in [0.3, 0.4) is 0 Å². The van der Waals surface area contributed by atoms with Gasteiger partial charge in [-0.25, -0.2) is 9.69 Å². The molecule has 1 aliphatic rings. The number of hydrogen-bond donors (Lipinski definition) is 1. The Morgan fingerprint density at radius 2 is 1.48 bits per heavy atom. The third kappa shape index (κ3) is 7.40. The summed E-state index contributed by atoms with van der Waals surface area (Å²) in [6, 6.07) is 24.5. The van der Waals surface area contributed by atoms with Gasteiger partial charge in [0.25, 0.3) is 11.8 Å². The molecule has 4 aromatic carbocycles. The van der Waals surface area contributed by atoms with Crippen LogP contribution >= 0.6 is 34.2 Å². The number of rotatable bonds is 10. The molecule has 0 radical (unpaired) electrons. The van der Waals surface area contributed by atoms with Crippen LogP contribution in [0.15, 0.2) is 90.5 Å². The maximum Gasteiger partial charge on any atom is 0.335 e. The molecule has 4 amide bonds. The predicted molar refractivity (Wildman–Crippen MR) is 177 cm³/mol. The zero-order valence-electron chi connectivity index (χ0n) is 23.9. The van der Waals surface area contributed by atoms with Gasteiger partial charge >= 0.3 is 6.03 Å². The second-order valence-electron chi connectivity index (χ2n) is 9.90. The van der Waals surface area contributed by atoms with Crippen molar-refractivity contribution in [2.75, 3.05) is 11.5 Å². The molecule has 1 heterocycles. The summed E-state index contributed by atoms with van der Waals surface area (Å²) in [7, 11) is 0. The number of barbiturate groups is 1. The van der Waals surface area contributed by atoms with Crippen LogP contribution in [0.2, 0.25) is 5.02 Å². The molecular formula is C34H28ClIN2O6. The van der Waals surface area contributed by atoms with Crippen molar-refractivity contribution < 1.29 is 28.6 Å². The number of carbonyl (C=O) groups excluding carboxylic acids is 3. The Balaban J connectivity index is 1.35. The Labute approximate surface area is 273 Å². The average Bonchev–Trinajstić information content (AvgIpc) is 3.00. The van der Waals surface area contributed by atoms with E-state index in [0.717, 1.165) is 25.2 Å². The number of amides is 4. The van der Waals surface area contributed by atoms with Gasteiger partial charge in [-0.05, 0) is 108 Å². The lowest BCUT2D eigenvalue weighted by Gasteiger charge is -2.26. The van der Waals surface area contributed by atoms with Crippen molar-refractivity contribution in [1.82, 2.24) is 5.32 Å². The molecule has 1 saturated heterocycles. The summed E-state index contributed by atoms with van der Waals surface area (Å²) < 4.78 is 18.5. The molecule has 5 rings (SSSR count). The molecule has 0 atom stereocenters. The quantitative estimate of drug-likeness (QED) is 0.104. The molecule has 0 spiro atoms. The second-order valence-corrected chi connectivity index (χ2v) is 11.5. The Kier molecular flexibility index (Phi) is 9.86. The molecule has 0 bridgehead atoms. The van der Waals surface area contributed by atoms with Crippen LogP contribution in [0.5, 0.6) is 17.2 Å². The number of ether oxygens (including phenoxy) is 3. The van der Waals surface area contributed by atoms with Gasteiger partial charge in [-0.2, -0.15) is 0 Å². The summed E-state index contributed by atoms with van der Waals surface area (Å²) in [4.78, 5) is 40.0. The highest BCUT2D eigenvalue weighted by Crippen LogP contribution is 2.36. The van der Waals surface area contributed by atoms with Gasteiger partial charge in [0.15, 0.2) is 11.5 Å². The minimum atomic E-state index is -0.837. The SMILES string of the molecule is CCOc1cc(/C=C2\C(=O)NC(=O)N(c3ccc(OCc4ccc(Cl)cc4)cc3)C2=O)cc(I)c1OCc1ccc(C)cc1. The van der Waals surface area contributed by atoms with Gasteiger partial charge < -0.3 is 14.2 Å². The molecule has 0 unspecified atom stereocenters. The molecule has 224 valence electrons. The van der Waals surface area contributed by atoms with E-state index in [-0.39, 0.29) is 11.3 Å². The first-order valence-electron chi connectivity index (χ1n) is 13.7. The summed E-state index contributed by atoms with van der Waals surface area (Å²) in [6.07, 6.45) is 1.44. The summed E-state index contributed by atoms with van der Waals surface area (Å²) in [5, 5.41) is 2.90. The van der Waals surface area contributed by atoms with Gasteiger partial charge in [-0.15, -0.1) is 0 Å². The average molecular weight is 723 g/mol. The van der Waals surface area contributed by atoms with Gasteiger partial charge in [-0.1, -0.05) is 53.6 Å². The van der Waals surface area contributed by atoms with Gasteiger partial charge in [-0.3, -0.25) is 14.9 Å². The van der Waals surface area contributed by atoms with Crippen molar-refractivity contribution >= 4 is 63.8 Å². The van der Waals surface area contributed by atoms with Crippen molar-refractivity contribution in [3.8, 4) is 17.2 Å². The van der Waals surface area contributed by atoms with E-state index in [4.69, 9.17) is 25.8 Å². The summed E-state index contributed by atoms with van der Waals surface area (Å²) in [6.45, 7) is 4.94. The molecule has 0 aromatic heterocycles. The number of urea groups is 1. The van der Waals surface area contributed by atoms with Gasteiger partial charge in [0.2, 0.25) is 0 Å². The number of imide groups is 2. The monoisotopic (exact) mass is 722 g/mol. The van der Waals surface area contributed by atoms with E-state index in [1.165, 1.54) is 6.08 Å². The number of nitrogens with one attached hydrogen (secondary N) is 1. The minimum Gasteiger partial charge on any atom is -0.490 e. The molecular weight excluding hydrogens is 695 g/mol. The van der Waals surface area contributed by atoms with Crippen molar-refractivity contribution in [1.29, 1.82) is 0 Å². The standard InChI is InChI=1S/C34H28ClIN2O6/c1-3-42-30-18-24(17-29(36)31(30)44-20-22-6-4-21(2)5-7-22)16-28-32(39)37-34(41)38(33(28)40)26-12-14-27(15-13-26)43-19-23-8-10-25(35)11-9-23/h4-18H,3,19-20H2,1-2H3,(H,37,39,41)/b28-16+. The Morgan fingerprint density at radius 3 is 2.14 bits per heavy atom. The van der Waals surface area contributed by atoms with Crippen LogP contribution in [0.1, 0.15) is 29.2 Å². The van der Waals surface area contributed by atoms with E-state index >= 15 is 0 Å². The zero-order valence-corrected chi connectivity index (χ0v) is 26.8. The highest BCUT2D eigenvalue weighted by Gasteiger charge is 2.37. The number of nitrogens with zero attached hydrogens (tertiary/aromatic N) is 1. The molecule has 1 fully saturated rings. The predicted octanol–water partition coefficient (Wildman–Crippen LogP) is 7.48. The number of anilines is 1. The van der Waals surface area contributed by atoms with Crippen LogP contribution in [-0.2, 0) is 22.8 Å². The molecule has 1 aliphatic heterocycles. The molecule has 0 aliphatic carbocycles. The van der Waals surface area contributed by atoms with Crippen molar-refractivity contribution in [3.05, 3.63) is 121 Å². The van der Waals surface area contributed by atoms with E-state index in [9.17, 15) is 14.4 Å². The van der Waals surface area contributed by atoms with Crippen LogP contribution in [0.4, 0.5) is 10.5 Å². The Bertz CT molecular complexity index is 1720. The van der Waals surface area contributed by atoms with E-state index < -0.39 is 17.8 Å². The normalized spacial score (nSPS) is 14.0. The van der Waals surface area contributed by atoms with E-state index in [1.807, 2.05) is 50.2 Å². The first-order chi connectivity index (χ1) is 21.2. The summed E-state index contributed by atoms with van der Waals surface area (Å²) >= 11 is 8.07. The fraction of sp³-hybridized carbons (Fsp3) is 0.147. The van der Waals surface area contributed by atoms with Crippen LogP contribution in [0, 0.1) is 10.5 Å². The highest BCUT2D eigenvalue weighted by atomic mass is 127. The lowest BCUT2D eigenvalue weighted by Crippen LogP contribution is -2.54. The molecule has 4 aromatic rings. The number of hydrogen-bond acceptors (Lipinski definition) is 6. The van der Waals surface area contributed by atoms with Crippen LogP contribution in [0.25, 0.3) is 6.08 Å². The van der Waals surface area contributed by atoms with Gasteiger partial charge in [0.05, 0.1) is 15.9 Å². The van der Waals surface area contributed by atoms with Crippen molar-refractivity contribution in [2.45, 2.75) is 27.1 Å². The van der Waals surface area contributed by atoms with Crippen LogP contribution in [-0.4, -0.2) is 24.5 Å². The fourth-order valence-electron chi connectivity index (χ4n) is 4.41. The fourth-order valence-corrected chi connectivity index (χ4v) is 5.32. The number of aryl methyl sites for hydroxylation is 1. The van der Waals surface area contributed by atoms with Gasteiger partial charge in [0.1, 0.15) is 24.5 Å². The maximum absolute atomic E-state index is 13.5. The van der Waals surface area contributed by atoms with Crippen molar-refractivity contribution in [3.63, 3.8) is 0 Å².